The van der Waals surface area contributed by atoms with E-state index in [0.717, 1.165) is 17.8 Å². The van der Waals surface area contributed by atoms with Crippen LogP contribution in [-0.2, 0) is 11.8 Å². The van der Waals surface area contributed by atoms with Gasteiger partial charge in [0.2, 0.25) is 5.16 Å². The highest BCUT2D eigenvalue weighted by atomic mass is 35.5. The van der Waals surface area contributed by atoms with Crippen molar-refractivity contribution in [3.63, 3.8) is 0 Å². The Balaban J connectivity index is 1.83. The van der Waals surface area contributed by atoms with Crippen molar-refractivity contribution in [2.75, 3.05) is 6.61 Å². The van der Waals surface area contributed by atoms with Crippen molar-refractivity contribution in [3.8, 4) is 0 Å². The van der Waals surface area contributed by atoms with Crippen LogP contribution in [0.5, 0.6) is 0 Å². The molecule has 12 heteroatoms. The number of esters is 1. The maximum absolute atomic E-state index is 12.4. The number of tetrazole rings is 1. The average Bonchev–Trinajstić information content (AvgIpc) is 2.97. The molecule has 9 nitrogen and oxygen atoms in total. The summed E-state index contributed by atoms with van der Waals surface area (Å²) in [5.41, 5.74) is -0.166. The minimum atomic E-state index is -0.870. The van der Waals surface area contributed by atoms with Crippen molar-refractivity contribution in [3.05, 3.63) is 33.9 Å². The number of hydrogen-bond donors (Lipinski definition) is 0. The molecule has 1 aromatic carbocycles. The molecule has 1 fully saturated rings. The quantitative estimate of drug-likeness (QED) is 0.313. The molecule has 1 heterocycles. The van der Waals surface area contributed by atoms with E-state index in [1.165, 1.54) is 16.8 Å². The van der Waals surface area contributed by atoms with Crippen LogP contribution in [0, 0.1) is 16.0 Å². The molecule has 1 saturated carbocycles. The third kappa shape index (κ3) is 4.02. The van der Waals surface area contributed by atoms with Crippen molar-refractivity contribution >= 4 is 46.6 Å². The van der Waals surface area contributed by atoms with Crippen LogP contribution in [-0.4, -0.2) is 42.0 Å². The van der Waals surface area contributed by atoms with Crippen LogP contribution in [0.15, 0.2) is 28.3 Å². The summed E-state index contributed by atoms with van der Waals surface area (Å²) in [4.78, 5) is 23.2. The van der Waals surface area contributed by atoms with Crippen LogP contribution >= 0.6 is 35.0 Å². The zero-order valence-corrected chi connectivity index (χ0v) is 15.1. The van der Waals surface area contributed by atoms with Gasteiger partial charge in [0.15, 0.2) is 0 Å². The molecule has 3 rings (SSSR count). The van der Waals surface area contributed by atoms with Gasteiger partial charge in [-0.1, -0.05) is 0 Å². The molecule has 0 bridgehead atoms. The minimum absolute atomic E-state index is 0.0458. The molecule has 132 valence electrons. The van der Waals surface area contributed by atoms with Gasteiger partial charge in [0.25, 0.3) is 5.69 Å². The molecule has 1 atom stereocenters. The second-order valence-corrected chi connectivity index (χ2v) is 7.94. The van der Waals surface area contributed by atoms with E-state index >= 15 is 0 Å². The zero-order chi connectivity index (χ0) is 18.2. The summed E-state index contributed by atoms with van der Waals surface area (Å²) in [6.07, 6.45) is 0.532. The monoisotopic (exact) mass is 403 g/mol. The molecule has 0 radical (unpaired) electrons. The Bertz CT molecular complexity index is 844. The van der Waals surface area contributed by atoms with Crippen LogP contribution in [0.25, 0.3) is 0 Å². The number of nitro benzene ring substituents is 1. The summed E-state index contributed by atoms with van der Waals surface area (Å²) in [5.74, 6) is -0.838. The SMILES string of the molecule is Cn1nnnc1Sc1ccc([N+](=O)[O-])cc1C(=O)OC[C@@H]1CC1(Cl)Cl. The lowest BCUT2D eigenvalue weighted by Gasteiger charge is -2.09. The molecule has 0 N–H and O–H groups in total. The van der Waals surface area contributed by atoms with Gasteiger partial charge < -0.3 is 4.74 Å². The first-order valence-corrected chi connectivity index (χ1v) is 8.59. The number of ether oxygens (including phenoxy) is 1. The van der Waals surface area contributed by atoms with Crippen molar-refractivity contribution in [1.29, 1.82) is 0 Å². The van der Waals surface area contributed by atoms with Crippen molar-refractivity contribution in [2.24, 2.45) is 13.0 Å². The standard InChI is InChI=1S/C13H11Cl2N5O4S/c1-19-12(16-17-18-19)25-10-3-2-8(20(22)23)4-9(10)11(21)24-6-7-5-13(7,14)15/h2-4,7H,5-6H2,1H3/t7-/m0/s1. The Morgan fingerprint density at radius 1 is 1.56 bits per heavy atom. The lowest BCUT2D eigenvalue weighted by atomic mass is 10.2. The predicted molar refractivity (Wildman–Crippen MR) is 88.8 cm³/mol. The summed E-state index contributed by atoms with van der Waals surface area (Å²) in [6, 6.07) is 3.92. The van der Waals surface area contributed by atoms with Gasteiger partial charge in [0, 0.05) is 30.0 Å². The van der Waals surface area contributed by atoms with Crippen molar-refractivity contribution in [2.45, 2.75) is 20.8 Å². The lowest BCUT2D eigenvalue weighted by Crippen LogP contribution is -2.11. The summed E-state index contributed by atoms with van der Waals surface area (Å²) in [6.45, 7) is 0.0458. The van der Waals surface area contributed by atoms with E-state index in [4.69, 9.17) is 27.9 Å². The number of carbonyl (C=O) groups excluding carboxylic acids is 1. The smallest absolute Gasteiger partial charge is 0.339 e. The fourth-order valence-electron chi connectivity index (χ4n) is 1.99. The Labute approximate surface area is 155 Å². The van der Waals surface area contributed by atoms with Crippen molar-refractivity contribution in [1.82, 2.24) is 20.2 Å². The Morgan fingerprint density at radius 3 is 2.84 bits per heavy atom. The van der Waals surface area contributed by atoms with Crippen LogP contribution in [0.3, 0.4) is 0 Å². The molecular weight excluding hydrogens is 393 g/mol. The third-order valence-electron chi connectivity index (χ3n) is 3.55. The average molecular weight is 404 g/mol. The van der Waals surface area contributed by atoms with Gasteiger partial charge in [-0.05, 0) is 34.7 Å². The summed E-state index contributed by atoms with van der Waals surface area (Å²) < 4.78 is 5.76. The maximum atomic E-state index is 12.4. The number of non-ortho nitro benzene ring substituents is 1. The number of nitrogens with zero attached hydrogens (tertiary/aromatic N) is 5. The zero-order valence-electron chi connectivity index (χ0n) is 12.8. The van der Waals surface area contributed by atoms with Gasteiger partial charge in [-0.15, -0.1) is 28.3 Å². The number of halogens is 2. The predicted octanol–water partition coefficient (Wildman–Crippen LogP) is 2.62. The number of benzene rings is 1. The number of aryl methyl sites for hydroxylation is 1. The Kier molecular flexibility index (Phi) is 4.85. The van der Waals surface area contributed by atoms with E-state index in [1.54, 1.807) is 7.05 Å². The van der Waals surface area contributed by atoms with Gasteiger partial charge in [-0.2, -0.15) is 0 Å². The highest BCUT2D eigenvalue weighted by molar-refractivity contribution is 7.99. The van der Waals surface area contributed by atoms with Crippen molar-refractivity contribution < 1.29 is 14.5 Å². The van der Waals surface area contributed by atoms with Crippen LogP contribution in [0.2, 0.25) is 0 Å². The Morgan fingerprint density at radius 2 is 2.28 bits per heavy atom. The second kappa shape index (κ2) is 6.77. The number of rotatable bonds is 6. The van der Waals surface area contributed by atoms with Gasteiger partial charge in [0.05, 0.1) is 17.1 Å². The number of alkyl halides is 2. The van der Waals surface area contributed by atoms with E-state index in [-0.39, 0.29) is 23.8 Å². The van der Waals surface area contributed by atoms with Gasteiger partial charge >= 0.3 is 5.97 Å². The summed E-state index contributed by atoms with van der Waals surface area (Å²) in [5, 5.41) is 22.4. The first kappa shape index (κ1) is 17.9. The van der Waals surface area contributed by atoms with Gasteiger partial charge in [-0.25, -0.2) is 9.48 Å². The Hall–Kier alpha value is -1.91. The number of nitro groups is 1. The van der Waals surface area contributed by atoms with E-state index in [9.17, 15) is 14.9 Å². The maximum Gasteiger partial charge on any atom is 0.339 e. The molecule has 1 aromatic heterocycles. The largest absolute Gasteiger partial charge is 0.462 e. The van der Waals surface area contributed by atoms with E-state index in [2.05, 4.69) is 15.5 Å². The van der Waals surface area contributed by atoms with E-state index in [1.807, 2.05) is 0 Å². The number of aromatic nitrogens is 4. The molecule has 1 aliphatic carbocycles. The fraction of sp³-hybridized carbons (Fsp3) is 0.385. The molecule has 1 aliphatic rings. The first-order valence-electron chi connectivity index (χ1n) is 7.01. The highest BCUT2D eigenvalue weighted by Crippen LogP contribution is 2.53. The molecule has 0 amide bonds. The molecule has 0 spiro atoms. The van der Waals surface area contributed by atoms with Gasteiger partial charge in [-0.3, -0.25) is 10.1 Å². The van der Waals surface area contributed by atoms with E-state index in [0.29, 0.717) is 16.5 Å². The fourth-order valence-corrected chi connectivity index (χ4v) is 3.32. The molecule has 0 unspecified atom stereocenters. The molecule has 0 aliphatic heterocycles. The van der Waals surface area contributed by atoms with Gasteiger partial charge in [0.1, 0.15) is 4.33 Å². The molecule has 0 saturated heterocycles. The van der Waals surface area contributed by atoms with Crippen LogP contribution < -0.4 is 0 Å². The van der Waals surface area contributed by atoms with Crippen LogP contribution in [0.1, 0.15) is 16.8 Å². The molecular formula is C13H11Cl2N5O4S. The normalized spacial score (nSPS) is 18.0. The van der Waals surface area contributed by atoms with E-state index < -0.39 is 15.2 Å². The minimum Gasteiger partial charge on any atom is -0.462 e. The molecule has 2 aromatic rings. The van der Waals surface area contributed by atoms with Crippen LogP contribution in [0.4, 0.5) is 5.69 Å². The summed E-state index contributed by atoms with van der Waals surface area (Å²) >= 11 is 12.9. The first-order chi connectivity index (χ1) is 11.8. The lowest BCUT2D eigenvalue weighted by molar-refractivity contribution is -0.384. The topological polar surface area (TPSA) is 113 Å². The molecule has 25 heavy (non-hydrogen) atoms. The number of hydrogen-bond acceptors (Lipinski definition) is 8. The third-order valence-corrected chi connectivity index (χ3v) is 5.58. The second-order valence-electron chi connectivity index (χ2n) is 5.39. The highest BCUT2D eigenvalue weighted by Gasteiger charge is 2.52. The summed E-state index contributed by atoms with van der Waals surface area (Å²) in [7, 11) is 1.64. The number of carbonyl (C=O) groups is 1.